The van der Waals surface area contributed by atoms with Crippen molar-refractivity contribution in [1.29, 1.82) is 0 Å². The lowest BCUT2D eigenvalue weighted by molar-refractivity contribution is -0.130. The first-order chi connectivity index (χ1) is 14.0. The van der Waals surface area contributed by atoms with Crippen molar-refractivity contribution in [2.24, 2.45) is 5.92 Å². The minimum absolute atomic E-state index is 0.0159. The van der Waals surface area contributed by atoms with Crippen LogP contribution >= 0.6 is 0 Å². The highest BCUT2D eigenvalue weighted by atomic mass is 16.2. The highest BCUT2D eigenvalue weighted by Gasteiger charge is 2.45. The van der Waals surface area contributed by atoms with Crippen molar-refractivity contribution in [3.8, 4) is 5.69 Å². The molecular formula is C22H29N5O2. The summed E-state index contributed by atoms with van der Waals surface area (Å²) in [5.74, 6) is 0.373. The topological polar surface area (TPSA) is 70.5 Å². The summed E-state index contributed by atoms with van der Waals surface area (Å²) in [4.78, 5) is 28.8. The summed E-state index contributed by atoms with van der Waals surface area (Å²) >= 11 is 0. The average Bonchev–Trinajstić information content (AvgIpc) is 3.28. The summed E-state index contributed by atoms with van der Waals surface area (Å²) < 4.78 is 1.87. The van der Waals surface area contributed by atoms with Gasteiger partial charge in [0.15, 0.2) is 0 Å². The van der Waals surface area contributed by atoms with Crippen LogP contribution in [0.15, 0.2) is 36.5 Å². The summed E-state index contributed by atoms with van der Waals surface area (Å²) in [5.41, 5.74) is 3.00. The quantitative estimate of drug-likeness (QED) is 0.865. The maximum absolute atomic E-state index is 12.9. The summed E-state index contributed by atoms with van der Waals surface area (Å²) in [6.45, 7) is 5.97. The van der Waals surface area contributed by atoms with Gasteiger partial charge in [-0.2, -0.15) is 5.10 Å². The Morgan fingerprint density at radius 3 is 2.76 bits per heavy atom. The van der Waals surface area contributed by atoms with E-state index in [0.29, 0.717) is 19.6 Å². The molecule has 2 fully saturated rings. The number of benzene rings is 1. The second kappa shape index (κ2) is 7.89. The fraction of sp³-hybridized carbons (Fsp3) is 0.500. The number of rotatable bonds is 4. The Hall–Kier alpha value is -2.83. The highest BCUT2D eigenvalue weighted by molar-refractivity contribution is 5.84. The molecule has 0 aliphatic carbocycles. The van der Waals surface area contributed by atoms with Gasteiger partial charge in [0.25, 0.3) is 0 Å². The monoisotopic (exact) mass is 395 g/mol. The molecule has 1 aromatic carbocycles. The van der Waals surface area contributed by atoms with E-state index >= 15 is 0 Å². The summed E-state index contributed by atoms with van der Waals surface area (Å²) in [7, 11) is 1.82. The second-order valence-corrected chi connectivity index (χ2v) is 8.36. The lowest BCUT2D eigenvalue weighted by Crippen LogP contribution is -2.52. The molecule has 7 nitrogen and oxygen atoms in total. The molecule has 0 radical (unpaired) electrons. The number of nitrogens with zero attached hydrogens (tertiary/aromatic N) is 4. The molecule has 2 aliphatic heterocycles. The van der Waals surface area contributed by atoms with Gasteiger partial charge in [0, 0.05) is 38.4 Å². The van der Waals surface area contributed by atoms with Gasteiger partial charge in [-0.3, -0.25) is 4.79 Å². The van der Waals surface area contributed by atoms with E-state index in [1.54, 1.807) is 4.90 Å². The molecule has 1 aromatic heterocycles. The van der Waals surface area contributed by atoms with Crippen LogP contribution in [0.3, 0.4) is 0 Å². The van der Waals surface area contributed by atoms with Gasteiger partial charge in [-0.05, 0) is 30.9 Å². The molecule has 3 heterocycles. The standard InChI is InChI=1S/C22H29N5O2/c1-15(2)20-16(13-27(24-20)17-8-5-4-6-9-17)12-23-22(29)26-11-7-10-18-19(26)14-25(3)21(18)28/h4-6,8-9,13,15,18-19H,7,10-12,14H2,1-3H3,(H,23,29)/t18-,19-/m1/s1. The van der Waals surface area contributed by atoms with Gasteiger partial charge in [-0.15, -0.1) is 0 Å². The summed E-state index contributed by atoms with van der Waals surface area (Å²) in [6.07, 6.45) is 3.74. The van der Waals surface area contributed by atoms with Crippen LogP contribution in [-0.4, -0.2) is 57.7 Å². The van der Waals surface area contributed by atoms with E-state index in [1.165, 1.54) is 0 Å². The number of piperidine rings is 1. The number of hydrogen-bond acceptors (Lipinski definition) is 3. The third-order valence-corrected chi connectivity index (χ3v) is 6.01. The van der Waals surface area contributed by atoms with Gasteiger partial charge in [0.1, 0.15) is 0 Å². The Morgan fingerprint density at radius 2 is 2.03 bits per heavy atom. The van der Waals surface area contributed by atoms with Crippen molar-refractivity contribution in [2.45, 2.75) is 45.2 Å². The van der Waals surface area contributed by atoms with E-state index in [9.17, 15) is 9.59 Å². The number of aromatic nitrogens is 2. The van der Waals surface area contributed by atoms with Crippen molar-refractivity contribution in [3.63, 3.8) is 0 Å². The third kappa shape index (κ3) is 3.73. The van der Waals surface area contributed by atoms with Crippen molar-refractivity contribution in [1.82, 2.24) is 24.9 Å². The molecule has 3 amide bonds. The fourth-order valence-corrected chi connectivity index (χ4v) is 4.51. The van der Waals surface area contributed by atoms with Crippen molar-refractivity contribution >= 4 is 11.9 Å². The maximum atomic E-state index is 12.9. The van der Waals surface area contributed by atoms with Gasteiger partial charge in [0.2, 0.25) is 5.91 Å². The number of likely N-dealkylation sites (tertiary alicyclic amines) is 2. The van der Waals surface area contributed by atoms with E-state index < -0.39 is 0 Å². The molecule has 2 atom stereocenters. The van der Waals surface area contributed by atoms with Gasteiger partial charge in [-0.25, -0.2) is 9.48 Å². The van der Waals surface area contributed by atoms with Gasteiger partial charge < -0.3 is 15.1 Å². The van der Waals surface area contributed by atoms with Crippen LogP contribution in [0.2, 0.25) is 0 Å². The van der Waals surface area contributed by atoms with Crippen LogP contribution < -0.4 is 5.32 Å². The first kappa shape index (κ1) is 19.5. The van der Waals surface area contributed by atoms with Crippen LogP contribution in [0, 0.1) is 5.92 Å². The number of nitrogens with one attached hydrogen (secondary N) is 1. The smallest absolute Gasteiger partial charge is 0.318 e. The molecular weight excluding hydrogens is 366 g/mol. The Bertz CT molecular complexity index is 892. The molecule has 7 heteroatoms. The van der Waals surface area contributed by atoms with E-state index in [1.807, 2.05) is 53.2 Å². The largest absolute Gasteiger partial charge is 0.343 e. The Kier molecular flexibility index (Phi) is 5.30. The van der Waals surface area contributed by atoms with Crippen molar-refractivity contribution in [2.75, 3.05) is 20.1 Å². The van der Waals surface area contributed by atoms with Crippen LogP contribution in [0.5, 0.6) is 0 Å². The first-order valence-corrected chi connectivity index (χ1v) is 10.4. The highest BCUT2D eigenvalue weighted by Crippen LogP contribution is 2.31. The maximum Gasteiger partial charge on any atom is 0.318 e. The van der Waals surface area contributed by atoms with E-state index in [2.05, 4.69) is 19.2 Å². The number of hydrogen-bond donors (Lipinski definition) is 1. The minimum Gasteiger partial charge on any atom is -0.343 e. The molecule has 0 unspecified atom stereocenters. The number of carbonyl (C=O) groups excluding carboxylic acids is 2. The molecule has 154 valence electrons. The summed E-state index contributed by atoms with van der Waals surface area (Å²) in [5, 5.41) is 7.82. The van der Waals surface area contributed by atoms with Crippen LogP contribution in [-0.2, 0) is 11.3 Å². The minimum atomic E-state index is -0.0926. The van der Waals surface area contributed by atoms with E-state index in [-0.39, 0.29) is 29.8 Å². The zero-order valence-electron chi connectivity index (χ0n) is 17.3. The SMILES string of the molecule is CC(C)c1nn(-c2ccccc2)cc1CNC(=O)N1CCC[C@H]2C(=O)N(C)C[C@H]21. The molecule has 0 spiro atoms. The number of amides is 3. The normalized spacial score (nSPS) is 21.6. The zero-order valence-corrected chi connectivity index (χ0v) is 17.3. The summed E-state index contributed by atoms with van der Waals surface area (Å²) in [6, 6.07) is 9.87. The second-order valence-electron chi connectivity index (χ2n) is 8.36. The van der Waals surface area contributed by atoms with E-state index in [4.69, 9.17) is 5.10 Å². The number of para-hydroxylation sites is 1. The molecule has 2 aromatic rings. The number of likely N-dealkylation sites (N-methyl/N-ethyl adjacent to an activating group) is 1. The van der Waals surface area contributed by atoms with Gasteiger partial charge in [-0.1, -0.05) is 32.0 Å². The lowest BCUT2D eigenvalue weighted by Gasteiger charge is -2.35. The first-order valence-electron chi connectivity index (χ1n) is 10.4. The molecule has 1 N–H and O–H groups in total. The predicted molar refractivity (Wildman–Crippen MR) is 111 cm³/mol. The van der Waals surface area contributed by atoms with Crippen LogP contribution in [0.4, 0.5) is 4.79 Å². The third-order valence-electron chi connectivity index (χ3n) is 6.01. The van der Waals surface area contributed by atoms with Crippen LogP contribution in [0.25, 0.3) is 5.69 Å². The van der Waals surface area contributed by atoms with Crippen LogP contribution in [0.1, 0.15) is 43.9 Å². The molecule has 2 aliphatic rings. The Morgan fingerprint density at radius 1 is 1.28 bits per heavy atom. The Labute approximate surface area is 171 Å². The lowest BCUT2D eigenvalue weighted by atomic mass is 9.92. The molecule has 2 saturated heterocycles. The number of urea groups is 1. The van der Waals surface area contributed by atoms with Crippen molar-refractivity contribution < 1.29 is 9.59 Å². The van der Waals surface area contributed by atoms with Gasteiger partial charge >= 0.3 is 6.03 Å². The van der Waals surface area contributed by atoms with Gasteiger partial charge in [0.05, 0.1) is 23.3 Å². The van der Waals surface area contributed by atoms with E-state index in [0.717, 1.165) is 29.8 Å². The zero-order chi connectivity index (χ0) is 20.5. The molecule has 0 saturated carbocycles. The Balaban J connectivity index is 1.48. The molecule has 0 bridgehead atoms. The number of carbonyl (C=O) groups is 2. The average molecular weight is 396 g/mol. The fourth-order valence-electron chi connectivity index (χ4n) is 4.51. The number of fused-ring (bicyclic) bond motifs is 1. The molecule has 4 rings (SSSR count). The molecule has 29 heavy (non-hydrogen) atoms. The predicted octanol–water partition coefficient (Wildman–Crippen LogP) is 2.76. The van der Waals surface area contributed by atoms with Crippen molar-refractivity contribution in [3.05, 3.63) is 47.8 Å².